The summed E-state index contributed by atoms with van der Waals surface area (Å²) in [7, 11) is 0. The van der Waals surface area contributed by atoms with Crippen LogP contribution in [0.1, 0.15) is 154 Å². The van der Waals surface area contributed by atoms with E-state index in [1.165, 1.54) is 44.9 Å². The van der Waals surface area contributed by atoms with Crippen LogP contribution in [0.4, 0.5) is 0 Å². The smallest absolute Gasteiger partial charge is 0.320 e. The number of nitrogens with one attached hydrogen (secondary N) is 2. The number of carbonyl (C=O) groups excluding carboxylic acids is 3. The molecular weight excluding hydrogens is 622 g/mol. The van der Waals surface area contributed by atoms with E-state index in [9.17, 15) is 39.0 Å². The predicted molar refractivity (Wildman–Crippen MR) is 182 cm³/mol. The van der Waals surface area contributed by atoms with E-state index in [1.54, 1.807) is 0 Å². The topological polar surface area (TPSA) is 233 Å². The van der Waals surface area contributed by atoms with Gasteiger partial charge in [0.1, 0.15) is 11.8 Å². The van der Waals surface area contributed by atoms with Crippen molar-refractivity contribution in [3.8, 4) is 0 Å². The van der Waals surface area contributed by atoms with Gasteiger partial charge in [0.2, 0.25) is 11.8 Å². The molecule has 0 unspecified atom stereocenters. The van der Waals surface area contributed by atoms with Gasteiger partial charge in [-0.3, -0.25) is 28.8 Å². The van der Waals surface area contributed by atoms with Crippen molar-refractivity contribution >= 4 is 35.5 Å². The highest BCUT2D eigenvalue weighted by molar-refractivity contribution is 5.84. The Hall–Kier alpha value is -3.06. The van der Waals surface area contributed by atoms with Gasteiger partial charge in [-0.15, -0.1) is 0 Å². The highest BCUT2D eigenvalue weighted by Gasteiger charge is 2.23. The Morgan fingerprint density at radius 2 is 1.04 bits per heavy atom. The van der Waals surface area contributed by atoms with E-state index in [1.807, 2.05) is 0 Å². The third-order valence-electron chi connectivity index (χ3n) is 8.53. The average molecular weight is 686 g/mol. The summed E-state index contributed by atoms with van der Waals surface area (Å²) in [5.74, 6) is -4.69. The highest BCUT2D eigenvalue weighted by Crippen LogP contribution is 2.17. The Kier molecular flexibility index (Phi) is 28.1. The second kappa shape index (κ2) is 30.0. The van der Waals surface area contributed by atoms with E-state index in [4.69, 9.17) is 15.9 Å². The Bertz CT molecular complexity index is 930. The summed E-state index contributed by atoms with van der Waals surface area (Å²) in [6.07, 6.45) is 17.2. The zero-order chi connectivity index (χ0) is 36.0. The van der Waals surface area contributed by atoms with Crippen molar-refractivity contribution in [3.63, 3.8) is 0 Å². The molecule has 0 spiro atoms. The average Bonchev–Trinajstić information content (AvgIpc) is 3.03. The summed E-state index contributed by atoms with van der Waals surface area (Å²) in [5.41, 5.74) is 5.43. The van der Waals surface area contributed by atoms with Gasteiger partial charge in [0.15, 0.2) is 0 Å². The lowest BCUT2D eigenvalue weighted by Gasteiger charge is -2.17. The first-order chi connectivity index (χ1) is 23.0. The van der Waals surface area contributed by atoms with Gasteiger partial charge in [0.25, 0.3) is 0 Å². The second-order valence-corrected chi connectivity index (χ2v) is 12.9. The van der Waals surface area contributed by atoms with Gasteiger partial charge >= 0.3 is 17.9 Å². The maximum absolute atomic E-state index is 12.4. The molecule has 278 valence electrons. The van der Waals surface area contributed by atoms with Gasteiger partial charge in [-0.2, -0.15) is 0 Å². The molecule has 0 heterocycles. The fraction of sp³-hybridized carbons (Fsp3) is 0.829. The van der Waals surface area contributed by atoms with E-state index in [2.05, 4.69) is 10.6 Å². The van der Waals surface area contributed by atoms with Gasteiger partial charge in [-0.05, 0) is 44.9 Å². The number of unbranched alkanes of at least 4 members (excludes halogenated alkanes) is 14. The minimum atomic E-state index is -1.12. The lowest BCUT2D eigenvalue weighted by atomic mass is 9.94. The molecule has 0 saturated heterocycles. The van der Waals surface area contributed by atoms with Crippen molar-refractivity contribution in [3.05, 3.63) is 0 Å². The molecule has 2 amide bonds. The van der Waals surface area contributed by atoms with Crippen molar-refractivity contribution in [1.29, 1.82) is 0 Å². The van der Waals surface area contributed by atoms with E-state index in [0.717, 1.165) is 44.9 Å². The zero-order valence-corrected chi connectivity index (χ0v) is 28.9. The summed E-state index contributed by atoms with van der Waals surface area (Å²) in [5, 5.41) is 41.9. The molecule has 48 heavy (non-hydrogen) atoms. The third-order valence-corrected chi connectivity index (χ3v) is 8.53. The zero-order valence-electron chi connectivity index (χ0n) is 28.9. The number of Topliss-reactive ketones (excluding diaryl/α,β-unsaturated/α-hetero) is 1. The van der Waals surface area contributed by atoms with Crippen LogP contribution in [-0.4, -0.2) is 81.2 Å². The largest absolute Gasteiger partial charge is 0.481 e. The molecule has 0 aromatic heterocycles. The first kappa shape index (κ1) is 44.9. The standard InChI is InChI=1S/C35H63N3O10/c36-30(35(47)48)18-15-16-24-37-31(41)23-21-28(26-39)38-32(42)22-20-27(34(45)46)25-29(40)17-13-11-9-7-5-3-1-2-4-6-8-10-12-14-19-33(43)44/h27-28,30,39H,1-26,36H2,(H,37,41)(H,38,42)(H,43,44)(H,45,46)(H,47,48)/t27-,28+,30+/m1/s1. The first-order valence-electron chi connectivity index (χ1n) is 18.1. The van der Waals surface area contributed by atoms with Crippen LogP contribution in [0, 0.1) is 5.92 Å². The van der Waals surface area contributed by atoms with E-state index in [-0.39, 0.29) is 56.8 Å². The van der Waals surface area contributed by atoms with Gasteiger partial charge in [-0.25, -0.2) is 0 Å². The Labute approximate surface area is 286 Å². The molecule has 0 radical (unpaired) electrons. The number of nitrogens with two attached hydrogens (primary N) is 1. The molecule has 0 aliphatic heterocycles. The molecule has 0 fully saturated rings. The molecule has 3 atom stereocenters. The van der Waals surface area contributed by atoms with Gasteiger partial charge in [0, 0.05) is 38.6 Å². The fourth-order valence-corrected chi connectivity index (χ4v) is 5.46. The van der Waals surface area contributed by atoms with Crippen LogP contribution in [0.3, 0.4) is 0 Å². The monoisotopic (exact) mass is 685 g/mol. The number of aliphatic hydroxyl groups excluding tert-OH is 1. The number of amides is 2. The molecule has 0 aromatic carbocycles. The lowest BCUT2D eigenvalue weighted by Crippen LogP contribution is -2.39. The van der Waals surface area contributed by atoms with Crippen molar-refractivity contribution in [2.45, 2.75) is 166 Å². The number of aliphatic carboxylic acids is 3. The number of hydrogen-bond acceptors (Lipinski definition) is 8. The van der Waals surface area contributed by atoms with Crippen molar-refractivity contribution in [2.24, 2.45) is 11.7 Å². The minimum Gasteiger partial charge on any atom is -0.481 e. The number of rotatable bonds is 34. The van der Waals surface area contributed by atoms with Gasteiger partial charge in [0.05, 0.1) is 18.6 Å². The summed E-state index contributed by atoms with van der Waals surface area (Å²) < 4.78 is 0. The van der Waals surface area contributed by atoms with Crippen molar-refractivity contribution < 1.29 is 49.2 Å². The quantitative estimate of drug-likeness (QED) is 0.0458. The number of hydrogen-bond donors (Lipinski definition) is 7. The lowest BCUT2D eigenvalue weighted by molar-refractivity contribution is -0.144. The van der Waals surface area contributed by atoms with Crippen LogP contribution in [-0.2, 0) is 28.8 Å². The normalized spacial score (nSPS) is 13.0. The molecule has 0 bridgehead atoms. The van der Waals surface area contributed by atoms with E-state index in [0.29, 0.717) is 32.2 Å². The molecule has 0 aromatic rings. The Morgan fingerprint density at radius 3 is 1.52 bits per heavy atom. The molecule has 0 aliphatic carbocycles. The summed E-state index contributed by atoms with van der Waals surface area (Å²) in [4.78, 5) is 69.8. The number of carboxylic acids is 3. The Morgan fingerprint density at radius 1 is 0.542 bits per heavy atom. The van der Waals surface area contributed by atoms with Gasteiger partial charge < -0.3 is 36.8 Å². The van der Waals surface area contributed by atoms with Crippen molar-refractivity contribution in [1.82, 2.24) is 10.6 Å². The molecule has 0 aliphatic rings. The van der Waals surface area contributed by atoms with E-state index >= 15 is 0 Å². The fourth-order valence-electron chi connectivity index (χ4n) is 5.46. The van der Waals surface area contributed by atoms with Crippen LogP contribution in [0.5, 0.6) is 0 Å². The minimum absolute atomic E-state index is 0.00384. The second-order valence-electron chi connectivity index (χ2n) is 12.9. The van der Waals surface area contributed by atoms with Gasteiger partial charge in [-0.1, -0.05) is 77.0 Å². The first-order valence-corrected chi connectivity index (χ1v) is 18.1. The number of aliphatic hydroxyl groups is 1. The maximum atomic E-state index is 12.4. The molecular formula is C35H63N3O10. The van der Waals surface area contributed by atoms with Crippen LogP contribution in [0.15, 0.2) is 0 Å². The molecule has 13 nitrogen and oxygen atoms in total. The van der Waals surface area contributed by atoms with Crippen LogP contribution < -0.4 is 16.4 Å². The highest BCUT2D eigenvalue weighted by atomic mass is 16.4. The Balaban J connectivity index is 3.96. The predicted octanol–water partition coefficient (Wildman–Crippen LogP) is 4.71. The molecule has 0 saturated carbocycles. The number of carbonyl (C=O) groups is 6. The SMILES string of the molecule is N[C@@H](CCCCNC(=O)CC[C@@H](CO)NC(=O)CC[C@H](CC(=O)CCCCCCCCCCCCCCCCC(=O)O)C(=O)O)C(=O)O. The van der Waals surface area contributed by atoms with Crippen LogP contribution in [0.25, 0.3) is 0 Å². The molecule has 13 heteroatoms. The van der Waals surface area contributed by atoms with Crippen molar-refractivity contribution in [2.75, 3.05) is 13.2 Å². The summed E-state index contributed by atoms with van der Waals surface area (Å²) in [6, 6.07) is -1.59. The maximum Gasteiger partial charge on any atom is 0.320 e. The van der Waals surface area contributed by atoms with Crippen LogP contribution in [0.2, 0.25) is 0 Å². The van der Waals surface area contributed by atoms with Crippen LogP contribution >= 0.6 is 0 Å². The molecule has 0 rings (SSSR count). The van der Waals surface area contributed by atoms with E-state index < -0.39 is 41.8 Å². The molecule has 8 N–H and O–H groups in total. The summed E-state index contributed by atoms with van der Waals surface area (Å²) in [6.45, 7) is -0.0210. The number of ketones is 1. The third kappa shape index (κ3) is 28.0. The summed E-state index contributed by atoms with van der Waals surface area (Å²) >= 11 is 0. The number of carboxylic acid groups (broad SMARTS) is 3.